The Hall–Kier alpha value is -3.23. The van der Waals surface area contributed by atoms with Crippen LogP contribution < -0.4 is 15.5 Å². The van der Waals surface area contributed by atoms with Crippen LogP contribution in [0.25, 0.3) is 0 Å². The van der Waals surface area contributed by atoms with Crippen molar-refractivity contribution in [3.8, 4) is 5.75 Å². The lowest BCUT2D eigenvalue weighted by Gasteiger charge is -2.27. The van der Waals surface area contributed by atoms with Gasteiger partial charge in [-0.25, -0.2) is 5.43 Å². The van der Waals surface area contributed by atoms with Crippen LogP contribution in [0.4, 0.5) is 0 Å². The van der Waals surface area contributed by atoms with E-state index >= 15 is 0 Å². The van der Waals surface area contributed by atoms with E-state index in [1.807, 2.05) is 24.3 Å². The summed E-state index contributed by atoms with van der Waals surface area (Å²) in [7, 11) is 1.66. The Balaban J connectivity index is 1.46. The summed E-state index contributed by atoms with van der Waals surface area (Å²) in [6, 6.07) is 14.7. The molecule has 0 aromatic heterocycles. The molecule has 0 unspecified atom stereocenters. The second-order valence-electron chi connectivity index (χ2n) is 7.12. The van der Waals surface area contributed by atoms with Gasteiger partial charge in [0, 0.05) is 43.7 Å². The van der Waals surface area contributed by atoms with Crippen molar-refractivity contribution in [2.24, 2.45) is 5.10 Å². The van der Waals surface area contributed by atoms with Crippen LogP contribution in [0.2, 0.25) is 0 Å². The van der Waals surface area contributed by atoms with Crippen LogP contribution in [0, 0.1) is 0 Å². The van der Waals surface area contributed by atoms with Gasteiger partial charge in [0.25, 0.3) is 5.91 Å². The number of benzene rings is 2. The number of morpholine rings is 1. The number of ether oxygens (including phenoxy) is 2. The van der Waals surface area contributed by atoms with Crippen molar-refractivity contribution >= 4 is 18.0 Å². The van der Waals surface area contributed by atoms with E-state index < -0.39 is 0 Å². The maximum Gasteiger partial charge on any atom is 0.251 e. The van der Waals surface area contributed by atoms with Crippen molar-refractivity contribution in [1.29, 1.82) is 0 Å². The maximum absolute atomic E-state index is 12.0. The molecule has 2 N–H and O–H groups in total. The highest BCUT2D eigenvalue weighted by atomic mass is 16.5. The zero-order valence-corrected chi connectivity index (χ0v) is 17.7. The summed E-state index contributed by atoms with van der Waals surface area (Å²) in [6.07, 6.45) is 1.74. The van der Waals surface area contributed by atoms with Gasteiger partial charge in [-0.15, -0.1) is 0 Å². The normalized spacial score (nSPS) is 14.4. The molecule has 2 aromatic carbocycles. The number of hydrogen-bond acceptors (Lipinski definition) is 6. The molecule has 8 heteroatoms. The standard InChI is InChI=1S/C23H28N4O4/c1-30-21-8-7-18(15-20(21)17-27-11-13-31-14-12-27)16-25-26-22(28)9-10-24-23(29)19-5-3-2-4-6-19/h2-8,15-16H,9-14,17H2,1H3,(H,24,29)(H,26,28)/b25-16-. The molecular weight excluding hydrogens is 396 g/mol. The van der Waals surface area contributed by atoms with E-state index in [1.165, 1.54) is 0 Å². The average molecular weight is 425 g/mol. The number of methoxy groups -OCH3 is 1. The second-order valence-corrected chi connectivity index (χ2v) is 7.12. The van der Waals surface area contributed by atoms with E-state index in [-0.39, 0.29) is 24.8 Å². The Labute approximate surface area is 182 Å². The van der Waals surface area contributed by atoms with Crippen molar-refractivity contribution in [1.82, 2.24) is 15.6 Å². The van der Waals surface area contributed by atoms with Gasteiger partial charge >= 0.3 is 0 Å². The first-order chi connectivity index (χ1) is 15.2. The monoisotopic (exact) mass is 424 g/mol. The van der Waals surface area contributed by atoms with Gasteiger partial charge in [-0.05, 0) is 35.9 Å². The molecule has 0 radical (unpaired) electrons. The van der Waals surface area contributed by atoms with Crippen LogP contribution in [-0.2, 0) is 16.1 Å². The molecule has 0 atom stereocenters. The molecule has 31 heavy (non-hydrogen) atoms. The molecule has 0 saturated carbocycles. The molecule has 0 aliphatic carbocycles. The van der Waals surface area contributed by atoms with Gasteiger partial charge in [-0.3, -0.25) is 14.5 Å². The highest BCUT2D eigenvalue weighted by Gasteiger charge is 2.13. The van der Waals surface area contributed by atoms with Gasteiger partial charge in [0.1, 0.15) is 5.75 Å². The van der Waals surface area contributed by atoms with Crippen LogP contribution in [-0.4, -0.2) is 62.9 Å². The molecule has 2 aromatic rings. The summed E-state index contributed by atoms with van der Waals surface area (Å²) in [6.45, 7) is 4.25. The number of amides is 2. The van der Waals surface area contributed by atoms with Crippen LogP contribution in [0.5, 0.6) is 5.75 Å². The first-order valence-corrected chi connectivity index (χ1v) is 10.3. The van der Waals surface area contributed by atoms with Gasteiger partial charge in [0.2, 0.25) is 5.91 Å². The smallest absolute Gasteiger partial charge is 0.251 e. The Morgan fingerprint density at radius 3 is 2.68 bits per heavy atom. The second kappa shape index (κ2) is 11.8. The fraction of sp³-hybridized carbons (Fsp3) is 0.348. The number of nitrogens with one attached hydrogen (secondary N) is 2. The maximum atomic E-state index is 12.0. The summed E-state index contributed by atoms with van der Waals surface area (Å²) in [5.41, 5.74) is 4.98. The van der Waals surface area contributed by atoms with Gasteiger partial charge in [0.15, 0.2) is 0 Å². The number of carbonyl (C=O) groups is 2. The lowest BCUT2D eigenvalue weighted by molar-refractivity contribution is -0.120. The van der Waals surface area contributed by atoms with Gasteiger partial charge in [0.05, 0.1) is 26.5 Å². The zero-order valence-electron chi connectivity index (χ0n) is 17.7. The number of carbonyl (C=O) groups excluding carboxylic acids is 2. The molecule has 1 fully saturated rings. The molecule has 1 saturated heterocycles. The third-order valence-electron chi connectivity index (χ3n) is 4.88. The van der Waals surface area contributed by atoms with Crippen molar-refractivity contribution in [2.45, 2.75) is 13.0 Å². The van der Waals surface area contributed by atoms with Crippen molar-refractivity contribution < 1.29 is 19.1 Å². The third-order valence-corrected chi connectivity index (χ3v) is 4.88. The quantitative estimate of drug-likeness (QED) is 0.473. The van der Waals surface area contributed by atoms with E-state index in [0.29, 0.717) is 5.56 Å². The Morgan fingerprint density at radius 2 is 1.94 bits per heavy atom. The summed E-state index contributed by atoms with van der Waals surface area (Å²) >= 11 is 0. The molecule has 3 rings (SSSR count). The number of rotatable bonds is 9. The predicted octanol–water partition coefficient (Wildman–Crippen LogP) is 1.80. The van der Waals surface area contributed by atoms with Crippen LogP contribution in [0.3, 0.4) is 0 Å². The molecule has 8 nitrogen and oxygen atoms in total. The SMILES string of the molecule is COc1ccc(/C=N\NC(=O)CCNC(=O)c2ccccc2)cc1CN1CCOCC1. The molecule has 1 aliphatic rings. The highest BCUT2D eigenvalue weighted by Crippen LogP contribution is 2.21. The minimum Gasteiger partial charge on any atom is -0.496 e. The number of nitrogens with zero attached hydrogens (tertiary/aromatic N) is 2. The van der Waals surface area contributed by atoms with Gasteiger partial charge < -0.3 is 14.8 Å². The molecular formula is C23H28N4O4. The average Bonchev–Trinajstić information content (AvgIpc) is 2.80. The minimum atomic E-state index is -0.272. The lowest BCUT2D eigenvalue weighted by Crippen LogP contribution is -2.35. The fourth-order valence-electron chi connectivity index (χ4n) is 3.22. The molecule has 0 bridgehead atoms. The summed E-state index contributed by atoms with van der Waals surface area (Å²) in [5.74, 6) is 0.344. The molecule has 1 heterocycles. The van der Waals surface area contributed by atoms with Crippen molar-refractivity contribution in [3.63, 3.8) is 0 Å². The van der Waals surface area contributed by atoms with E-state index in [2.05, 4.69) is 20.7 Å². The topological polar surface area (TPSA) is 92.3 Å². The Morgan fingerprint density at radius 1 is 1.16 bits per heavy atom. The molecule has 1 aliphatic heterocycles. The fourth-order valence-corrected chi connectivity index (χ4v) is 3.22. The van der Waals surface area contributed by atoms with E-state index in [0.717, 1.165) is 49.7 Å². The van der Waals surface area contributed by atoms with Crippen LogP contribution in [0.15, 0.2) is 53.6 Å². The van der Waals surface area contributed by atoms with Gasteiger partial charge in [-0.2, -0.15) is 5.10 Å². The summed E-state index contributed by atoms with van der Waals surface area (Å²) in [5, 5.41) is 6.75. The predicted molar refractivity (Wildman–Crippen MR) is 118 cm³/mol. The summed E-state index contributed by atoms with van der Waals surface area (Å²) < 4.78 is 10.9. The minimum absolute atomic E-state index is 0.140. The van der Waals surface area contributed by atoms with Crippen LogP contribution in [0.1, 0.15) is 27.9 Å². The number of hydrazone groups is 1. The van der Waals surface area contributed by atoms with Crippen LogP contribution >= 0.6 is 0 Å². The van der Waals surface area contributed by atoms with E-state index in [4.69, 9.17) is 9.47 Å². The van der Waals surface area contributed by atoms with E-state index in [9.17, 15) is 9.59 Å². The van der Waals surface area contributed by atoms with E-state index in [1.54, 1.807) is 37.6 Å². The first-order valence-electron chi connectivity index (χ1n) is 10.3. The largest absolute Gasteiger partial charge is 0.496 e. The summed E-state index contributed by atoms with van der Waals surface area (Å²) in [4.78, 5) is 26.2. The Bertz CT molecular complexity index is 896. The van der Waals surface area contributed by atoms with Crippen molar-refractivity contribution in [3.05, 3.63) is 65.2 Å². The first kappa shape index (κ1) is 22.5. The zero-order chi connectivity index (χ0) is 21.9. The Kier molecular flexibility index (Phi) is 8.57. The lowest BCUT2D eigenvalue weighted by atomic mass is 10.1. The van der Waals surface area contributed by atoms with Gasteiger partial charge in [-0.1, -0.05) is 18.2 Å². The highest BCUT2D eigenvalue weighted by molar-refractivity contribution is 5.94. The number of hydrogen-bond donors (Lipinski definition) is 2. The third kappa shape index (κ3) is 7.20. The van der Waals surface area contributed by atoms with Crippen molar-refractivity contribution in [2.75, 3.05) is 40.0 Å². The molecule has 164 valence electrons. The molecule has 0 spiro atoms. The molecule has 2 amide bonds.